The Bertz CT molecular complexity index is 391. The average molecular weight is 214 g/mol. The second kappa shape index (κ2) is 4.35. The van der Waals surface area contributed by atoms with Gasteiger partial charge in [0.2, 0.25) is 5.91 Å². The molecule has 1 aromatic carbocycles. The fourth-order valence-electron chi connectivity index (χ4n) is 1.01. The molecule has 0 aliphatic carbocycles. The van der Waals surface area contributed by atoms with E-state index in [1.54, 1.807) is 0 Å². The van der Waals surface area contributed by atoms with E-state index >= 15 is 0 Å². The van der Waals surface area contributed by atoms with Gasteiger partial charge in [0.1, 0.15) is 11.5 Å². The lowest BCUT2D eigenvalue weighted by molar-refractivity contribution is -0.117. The van der Waals surface area contributed by atoms with Crippen LogP contribution in [0.1, 0.15) is 12.5 Å². The van der Waals surface area contributed by atoms with Crippen LogP contribution in [0.25, 0.3) is 0 Å². The Morgan fingerprint density at radius 1 is 1.47 bits per heavy atom. The number of hydrogen-bond acceptors (Lipinski definition) is 2. The molecule has 1 unspecified atom stereocenters. The number of anilines is 1. The number of hydrogen-bond donors (Lipinski definition) is 2. The lowest BCUT2D eigenvalue weighted by atomic mass is 10.2. The van der Waals surface area contributed by atoms with E-state index in [-0.39, 0.29) is 5.56 Å². The first-order valence-electron chi connectivity index (χ1n) is 4.44. The van der Waals surface area contributed by atoms with E-state index in [1.165, 1.54) is 19.9 Å². The van der Waals surface area contributed by atoms with Crippen molar-refractivity contribution >= 4 is 11.6 Å². The molecule has 0 fully saturated rings. The molecule has 1 aromatic rings. The van der Waals surface area contributed by atoms with Gasteiger partial charge in [0.25, 0.3) is 0 Å². The summed E-state index contributed by atoms with van der Waals surface area (Å²) in [6.45, 7) is 2.91. The molecule has 3 nitrogen and oxygen atoms in total. The predicted octanol–water partition coefficient (Wildman–Crippen LogP) is 1.56. The largest absolute Gasteiger partial charge is 0.320 e. The standard InChI is InChI=1S/C10H12F2N2O/c1-5-3-4-7(11)9(8(5)12)14-10(15)6(2)13/h3-4,6H,13H2,1-2H3,(H,14,15). The van der Waals surface area contributed by atoms with E-state index in [4.69, 9.17) is 5.73 Å². The first-order valence-corrected chi connectivity index (χ1v) is 4.44. The molecule has 0 bridgehead atoms. The van der Waals surface area contributed by atoms with Crippen molar-refractivity contribution in [3.63, 3.8) is 0 Å². The van der Waals surface area contributed by atoms with Gasteiger partial charge in [0, 0.05) is 0 Å². The minimum Gasteiger partial charge on any atom is -0.320 e. The molecule has 0 radical (unpaired) electrons. The molecule has 1 amide bonds. The van der Waals surface area contributed by atoms with E-state index in [0.717, 1.165) is 6.07 Å². The number of carbonyl (C=O) groups is 1. The smallest absolute Gasteiger partial charge is 0.241 e. The van der Waals surface area contributed by atoms with E-state index in [9.17, 15) is 13.6 Å². The molecule has 0 heterocycles. The number of aryl methyl sites for hydroxylation is 1. The van der Waals surface area contributed by atoms with Gasteiger partial charge < -0.3 is 11.1 Å². The molecule has 0 spiro atoms. The fourth-order valence-corrected chi connectivity index (χ4v) is 1.01. The molecule has 82 valence electrons. The number of nitrogens with two attached hydrogens (primary N) is 1. The van der Waals surface area contributed by atoms with Crippen LogP contribution < -0.4 is 11.1 Å². The van der Waals surface area contributed by atoms with Crippen molar-refractivity contribution in [1.82, 2.24) is 0 Å². The summed E-state index contributed by atoms with van der Waals surface area (Å²) < 4.78 is 26.5. The van der Waals surface area contributed by atoms with Gasteiger partial charge in [-0.1, -0.05) is 6.07 Å². The van der Waals surface area contributed by atoms with Crippen LogP contribution in [0.3, 0.4) is 0 Å². The van der Waals surface area contributed by atoms with Crippen LogP contribution in [0, 0.1) is 18.6 Å². The second-order valence-corrected chi connectivity index (χ2v) is 3.33. The van der Waals surface area contributed by atoms with Crippen LogP contribution >= 0.6 is 0 Å². The molecule has 0 saturated heterocycles. The van der Waals surface area contributed by atoms with Crippen LogP contribution in [0.2, 0.25) is 0 Å². The molecule has 0 saturated carbocycles. The first kappa shape index (κ1) is 11.6. The topological polar surface area (TPSA) is 55.1 Å². The fraction of sp³-hybridized carbons (Fsp3) is 0.300. The Hall–Kier alpha value is -1.49. The van der Waals surface area contributed by atoms with E-state index in [0.29, 0.717) is 0 Å². The highest BCUT2D eigenvalue weighted by Gasteiger charge is 2.15. The molecule has 15 heavy (non-hydrogen) atoms. The molecule has 1 rings (SSSR count). The summed E-state index contributed by atoms with van der Waals surface area (Å²) in [5.74, 6) is -2.21. The molecule has 0 aromatic heterocycles. The van der Waals surface area contributed by atoms with Crippen LogP contribution in [0.15, 0.2) is 12.1 Å². The van der Waals surface area contributed by atoms with Gasteiger partial charge in [-0.3, -0.25) is 4.79 Å². The van der Waals surface area contributed by atoms with Gasteiger partial charge in [-0.05, 0) is 25.5 Å². The highest BCUT2D eigenvalue weighted by Crippen LogP contribution is 2.21. The first-order chi connectivity index (χ1) is 6.93. The van der Waals surface area contributed by atoms with Gasteiger partial charge in [-0.2, -0.15) is 0 Å². The van der Waals surface area contributed by atoms with Crippen molar-refractivity contribution in [2.24, 2.45) is 5.73 Å². The molecular formula is C10H12F2N2O. The van der Waals surface area contributed by atoms with Gasteiger partial charge in [-0.15, -0.1) is 0 Å². The van der Waals surface area contributed by atoms with Crippen molar-refractivity contribution in [3.05, 3.63) is 29.3 Å². The zero-order chi connectivity index (χ0) is 11.6. The number of rotatable bonds is 2. The predicted molar refractivity (Wildman–Crippen MR) is 53.4 cm³/mol. The Morgan fingerprint density at radius 2 is 2.07 bits per heavy atom. The number of amides is 1. The number of carbonyl (C=O) groups excluding carboxylic acids is 1. The van der Waals surface area contributed by atoms with Crippen molar-refractivity contribution in [3.8, 4) is 0 Å². The minimum atomic E-state index is -0.815. The number of benzene rings is 1. The summed E-state index contributed by atoms with van der Waals surface area (Å²) in [4.78, 5) is 11.2. The number of nitrogens with one attached hydrogen (secondary N) is 1. The van der Waals surface area contributed by atoms with Gasteiger partial charge in [-0.25, -0.2) is 8.78 Å². The maximum Gasteiger partial charge on any atom is 0.241 e. The Morgan fingerprint density at radius 3 is 2.60 bits per heavy atom. The average Bonchev–Trinajstić information content (AvgIpc) is 2.18. The third-order valence-corrected chi connectivity index (χ3v) is 1.95. The highest BCUT2D eigenvalue weighted by molar-refractivity contribution is 5.94. The summed E-state index contributed by atoms with van der Waals surface area (Å²) >= 11 is 0. The molecule has 1 atom stereocenters. The van der Waals surface area contributed by atoms with Crippen molar-refractivity contribution in [2.75, 3.05) is 5.32 Å². The van der Waals surface area contributed by atoms with Gasteiger partial charge in [0.05, 0.1) is 6.04 Å². The highest BCUT2D eigenvalue weighted by atomic mass is 19.1. The monoisotopic (exact) mass is 214 g/mol. The second-order valence-electron chi connectivity index (χ2n) is 3.33. The van der Waals surface area contributed by atoms with Crippen LogP contribution in [0.4, 0.5) is 14.5 Å². The maximum atomic E-state index is 13.4. The van der Waals surface area contributed by atoms with Gasteiger partial charge >= 0.3 is 0 Å². The van der Waals surface area contributed by atoms with Crippen LogP contribution in [-0.4, -0.2) is 11.9 Å². The van der Waals surface area contributed by atoms with Crippen LogP contribution in [0.5, 0.6) is 0 Å². The minimum absolute atomic E-state index is 0.261. The third kappa shape index (κ3) is 2.50. The summed E-state index contributed by atoms with van der Waals surface area (Å²) in [5.41, 5.74) is 5.08. The normalized spacial score (nSPS) is 12.3. The van der Waals surface area contributed by atoms with Crippen molar-refractivity contribution in [2.45, 2.75) is 19.9 Å². The summed E-state index contributed by atoms with van der Waals surface area (Å²) in [6, 6.07) is 1.57. The SMILES string of the molecule is Cc1ccc(F)c(NC(=O)C(C)N)c1F. The van der Waals surface area contributed by atoms with E-state index in [1.807, 2.05) is 0 Å². The summed E-state index contributed by atoms with van der Waals surface area (Å²) in [7, 11) is 0. The number of halogens is 2. The molecule has 0 aliphatic heterocycles. The van der Waals surface area contributed by atoms with E-state index < -0.39 is 29.3 Å². The lowest BCUT2D eigenvalue weighted by Gasteiger charge is -2.10. The Balaban J connectivity index is 3.04. The molecular weight excluding hydrogens is 202 g/mol. The Kier molecular flexibility index (Phi) is 3.36. The molecule has 0 aliphatic rings. The van der Waals surface area contributed by atoms with Crippen molar-refractivity contribution in [1.29, 1.82) is 0 Å². The zero-order valence-corrected chi connectivity index (χ0v) is 8.47. The van der Waals surface area contributed by atoms with Gasteiger partial charge in [0.15, 0.2) is 5.82 Å². The molecule has 3 N–H and O–H groups in total. The third-order valence-electron chi connectivity index (χ3n) is 1.95. The summed E-state index contributed by atoms with van der Waals surface area (Å²) in [5, 5.41) is 2.10. The lowest BCUT2D eigenvalue weighted by Crippen LogP contribution is -2.33. The van der Waals surface area contributed by atoms with Crippen LogP contribution in [-0.2, 0) is 4.79 Å². The molecule has 5 heteroatoms. The van der Waals surface area contributed by atoms with E-state index in [2.05, 4.69) is 5.32 Å². The maximum absolute atomic E-state index is 13.4. The summed E-state index contributed by atoms with van der Waals surface area (Å²) in [6.07, 6.45) is 0. The quantitative estimate of drug-likeness (QED) is 0.784. The zero-order valence-electron chi connectivity index (χ0n) is 8.47. The van der Waals surface area contributed by atoms with Crippen molar-refractivity contribution < 1.29 is 13.6 Å². The Labute approximate surface area is 86.3 Å².